The summed E-state index contributed by atoms with van der Waals surface area (Å²) in [4.78, 5) is 12.2. The predicted molar refractivity (Wildman–Crippen MR) is 91.2 cm³/mol. The lowest BCUT2D eigenvalue weighted by atomic mass is 10.1. The zero-order chi connectivity index (χ0) is 16.1. The molecule has 0 radical (unpaired) electrons. The zero-order valence-corrected chi connectivity index (χ0v) is 12.6. The van der Waals surface area contributed by atoms with E-state index >= 15 is 0 Å². The first-order valence-corrected chi connectivity index (χ1v) is 7.43. The summed E-state index contributed by atoms with van der Waals surface area (Å²) in [6.07, 6.45) is 0. The van der Waals surface area contributed by atoms with Crippen molar-refractivity contribution in [3.8, 4) is 16.9 Å². The predicted octanol–water partition coefficient (Wildman–Crippen LogP) is 4.03. The molecule has 0 aliphatic carbocycles. The highest BCUT2D eigenvalue weighted by Crippen LogP contribution is 2.24. The molecule has 23 heavy (non-hydrogen) atoms. The molecule has 0 amide bonds. The lowest BCUT2D eigenvalue weighted by Crippen LogP contribution is -2.08. The summed E-state index contributed by atoms with van der Waals surface area (Å²) in [5.74, 6) is 0.151. The SMILES string of the molecule is NCc1ccc(C(=O)Oc2cccc(-c3ccccc3)c2)cc1. The van der Waals surface area contributed by atoms with Gasteiger partial charge in [0.1, 0.15) is 5.75 Å². The molecule has 0 aromatic heterocycles. The monoisotopic (exact) mass is 303 g/mol. The molecule has 0 atom stereocenters. The Hall–Kier alpha value is -2.91. The van der Waals surface area contributed by atoms with Crippen LogP contribution in [0.1, 0.15) is 15.9 Å². The van der Waals surface area contributed by atoms with Crippen LogP contribution in [0, 0.1) is 0 Å². The molecular formula is C20H17NO2. The van der Waals surface area contributed by atoms with Crippen molar-refractivity contribution in [2.75, 3.05) is 0 Å². The van der Waals surface area contributed by atoms with Crippen LogP contribution in [0.5, 0.6) is 5.75 Å². The molecule has 0 aliphatic heterocycles. The number of esters is 1. The number of carbonyl (C=O) groups is 1. The Bertz CT molecular complexity index is 795. The number of ether oxygens (including phenoxy) is 1. The van der Waals surface area contributed by atoms with Gasteiger partial charge in [0.25, 0.3) is 0 Å². The van der Waals surface area contributed by atoms with Crippen LogP contribution in [0.4, 0.5) is 0 Å². The van der Waals surface area contributed by atoms with Crippen molar-refractivity contribution < 1.29 is 9.53 Å². The Labute approximate surface area is 135 Å². The largest absolute Gasteiger partial charge is 0.423 e. The third-order valence-corrected chi connectivity index (χ3v) is 3.58. The molecule has 0 unspecified atom stereocenters. The van der Waals surface area contributed by atoms with Crippen molar-refractivity contribution in [3.63, 3.8) is 0 Å². The molecule has 3 heteroatoms. The summed E-state index contributed by atoms with van der Waals surface area (Å²) in [6.45, 7) is 0.453. The summed E-state index contributed by atoms with van der Waals surface area (Å²) in [5, 5.41) is 0. The van der Waals surface area contributed by atoms with E-state index in [1.807, 2.05) is 60.7 Å². The first-order chi connectivity index (χ1) is 11.3. The van der Waals surface area contributed by atoms with Gasteiger partial charge >= 0.3 is 5.97 Å². The van der Waals surface area contributed by atoms with Crippen LogP contribution in [0.2, 0.25) is 0 Å². The molecule has 114 valence electrons. The van der Waals surface area contributed by atoms with Crippen LogP contribution >= 0.6 is 0 Å². The Morgan fingerprint density at radius 1 is 0.826 bits per heavy atom. The van der Waals surface area contributed by atoms with E-state index in [1.54, 1.807) is 18.2 Å². The van der Waals surface area contributed by atoms with E-state index < -0.39 is 0 Å². The molecule has 0 saturated heterocycles. The van der Waals surface area contributed by atoms with E-state index in [-0.39, 0.29) is 5.97 Å². The molecule has 0 bridgehead atoms. The topological polar surface area (TPSA) is 52.3 Å². The second-order valence-corrected chi connectivity index (χ2v) is 5.18. The van der Waals surface area contributed by atoms with Gasteiger partial charge in [-0.05, 0) is 41.0 Å². The van der Waals surface area contributed by atoms with Gasteiger partial charge < -0.3 is 10.5 Å². The highest BCUT2D eigenvalue weighted by Gasteiger charge is 2.09. The van der Waals surface area contributed by atoms with E-state index in [9.17, 15) is 4.79 Å². The molecule has 0 aliphatic rings. The van der Waals surface area contributed by atoms with Gasteiger partial charge in [-0.3, -0.25) is 0 Å². The minimum atomic E-state index is -0.376. The molecule has 0 fully saturated rings. The Morgan fingerprint density at radius 2 is 1.52 bits per heavy atom. The van der Waals surface area contributed by atoms with E-state index in [2.05, 4.69) is 0 Å². The van der Waals surface area contributed by atoms with Gasteiger partial charge in [-0.1, -0.05) is 54.6 Å². The standard InChI is InChI=1S/C20H17NO2/c21-14-15-9-11-17(12-10-15)20(22)23-19-8-4-7-18(13-19)16-5-2-1-3-6-16/h1-13H,14,21H2. The maximum Gasteiger partial charge on any atom is 0.343 e. The number of nitrogens with two attached hydrogens (primary N) is 1. The summed E-state index contributed by atoms with van der Waals surface area (Å²) in [5.41, 5.74) is 9.13. The third-order valence-electron chi connectivity index (χ3n) is 3.58. The van der Waals surface area contributed by atoms with Crippen LogP contribution in [0.15, 0.2) is 78.9 Å². The van der Waals surface area contributed by atoms with E-state index in [1.165, 1.54) is 0 Å². The van der Waals surface area contributed by atoms with E-state index in [4.69, 9.17) is 10.5 Å². The van der Waals surface area contributed by atoms with E-state index in [0.717, 1.165) is 16.7 Å². The second-order valence-electron chi connectivity index (χ2n) is 5.18. The average molecular weight is 303 g/mol. The summed E-state index contributed by atoms with van der Waals surface area (Å²) in [7, 11) is 0. The molecule has 2 N–H and O–H groups in total. The van der Waals surface area contributed by atoms with Gasteiger partial charge in [-0.15, -0.1) is 0 Å². The number of carbonyl (C=O) groups excluding carboxylic acids is 1. The van der Waals surface area contributed by atoms with Crippen LogP contribution in [-0.2, 0) is 6.54 Å². The van der Waals surface area contributed by atoms with Crippen molar-refractivity contribution in [2.45, 2.75) is 6.54 Å². The van der Waals surface area contributed by atoms with Crippen LogP contribution in [0.3, 0.4) is 0 Å². The minimum absolute atomic E-state index is 0.376. The molecule has 3 nitrogen and oxygen atoms in total. The first-order valence-electron chi connectivity index (χ1n) is 7.43. The highest BCUT2D eigenvalue weighted by atomic mass is 16.5. The number of benzene rings is 3. The summed E-state index contributed by atoms with van der Waals surface area (Å²) in [6, 6.07) is 24.6. The molecule has 3 aromatic carbocycles. The first kappa shape index (κ1) is 15.0. The maximum absolute atomic E-state index is 12.2. The zero-order valence-electron chi connectivity index (χ0n) is 12.6. The van der Waals surface area contributed by atoms with Crippen LogP contribution < -0.4 is 10.5 Å². The summed E-state index contributed by atoms with van der Waals surface area (Å²) < 4.78 is 5.47. The fraction of sp³-hybridized carbons (Fsp3) is 0.0500. The maximum atomic E-state index is 12.2. The van der Waals surface area contributed by atoms with E-state index in [0.29, 0.717) is 17.9 Å². The number of hydrogen-bond acceptors (Lipinski definition) is 3. The molecule has 3 rings (SSSR count). The van der Waals surface area contributed by atoms with Gasteiger partial charge in [0.05, 0.1) is 5.56 Å². The smallest absolute Gasteiger partial charge is 0.343 e. The molecule has 0 saturated carbocycles. The Morgan fingerprint density at radius 3 is 2.22 bits per heavy atom. The van der Waals surface area contributed by atoms with Gasteiger partial charge in [0.2, 0.25) is 0 Å². The molecular weight excluding hydrogens is 286 g/mol. The summed E-state index contributed by atoms with van der Waals surface area (Å²) >= 11 is 0. The fourth-order valence-electron chi connectivity index (χ4n) is 2.31. The van der Waals surface area contributed by atoms with Gasteiger partial charge in [-0.25, -0.2) is 4.79 Å². The van der Waals surface area contributed by atoms with Crippen molar-refractivity contribution >= 4 is 5.97 Å². The van der Waals surface area contributed by atoms with Crippen molar-refractivity contribution in [2.24, 2.45) is 5.73 Å². The average Bonchev–Trinajstić information content (AvgIpc) is 2.63. The number of rotatable bonds is 4. The lowest BCUT2D eigenvalue weighted by molar-refractivity contribution is 0.0735. The van der Waals surface area contributed by atoms with Gasteiger partial charge in [0.15, 0.2) is 0 Å². The van der Waals surface area contributed by atoms with Gasteiger partial charge in [0, 0.05) is 6.54 Å². The molecule has 3 aromatic rings. The van der Waals surface area contributed by atoms with Crippen molar-refractivity contribution in [1.29, 1.82) is 0 Å². The van der Waals surface area contributed by atoms with Crippen LogP contribution in [-0.4, -0.2) is 5.97 Å². The minimum Gasteiger partial charge on any atom is -0.423 e. The van der Waals surface area contributed by atoms with Crippen molar-refractivity contribution in [3.05, 3.63) is 90.0 Å². The Kier molecular flexibility index (Phi) is 4.50. The van der Waals surface area contributed by atoms with Crippen molar-refractivity contribution in [1.82, 2.24) is 0 Å². The number of hydrogen-bond donors (Lipinski definition) is 1. The molecule has 0 heterocycles. The fourth-order valence-corrected chi connectivity index (χ4v) is 2.31. The third kappa shape index (κ3) is 3.65. The normalized spacial score (nSPS) is 10.3. The molecule has 0 spiro atoms. The highest BCUT2D eigenvalue weighted by molar-refractivity contribution is 5.91. The lowest BCUT2D eigenvalue weighted by Gasteiger charge is -2.07. The second kappa shape index (κ2) is 6.90. The Balaban J connectivity index is 1.78. The quantitative estimate of drug-likeness (QED) is 0.585. The van der Waals surface area contributed by atoms with Crippen LogP contribution in [0.25, 0.3) is 11.1 Å². The van der Waals surface area contributed by atoms with Gasteiger partial charge in [-0.2, -0.15) is 0 Å².